The third kappa shape index (κ3) is 3.85. The average Bonchev–Trinajstić information content (AvgIpc) is 3.24. The molecule has 0 saturated carbocycles. The number of nitrogens with one attached hydrogen (secondary N) is 1. The van der Waals surface area contributed by atoms with Gasteiger partial charge in [-0.2, -0.15) is 0 Å². The smallest absolute Gasteiger partial charge is 0.233 e. The topological polar surface area (TPSA) is 59.8 Å². The van der Waals surface area contributed by atoms with Gasteiger partial charge in [-0.05, 0) is 23.9 Å². The molecule has 24 heavy (non-hydrogen) atoms. The first-order chi connectivity index (χ1) is 11.6. The van der Waals surface area contributed by atoms with Gasteiger partial charge < -0.3 is 9.88 Å². The molecule has 124 valence electrons. The number of aromatic nitrogens is 3. The highest BCUT2D eigenvalue weighted by atomic mass is 32.2. The second-order valence-corrected chi connectivity index (χ2v) is 7.56. The van der Waals surface area contributed by atoms with Crippen molar-refractivity contribution >= 4 is 29.0 Å². The summed E-state index contributed by atoms with van der Waals surface area (Å²) in [5.41, 5.74) is 1.08. The van der Waals surface area contributed by atoms with E-state index in [1.54, 1.807) is 11.3 Å². The van der Waals surface area contributed by atoms with Crippen molar-refractivity contribution in [2.45, 2.75) is 23.9 Å². The molecule has 7 heteroatoms. The zero-order valence-corrected chi connectivity index (χ0v) is 15.1. The lowest BCUT2D eigenvalue weighted by Crippen LogP contribution is -2.30. The summed E-state index contributed by atoms with van der Waals surface area (Å²) in [5, 5.41) is 13.9. The molecule has 3 aromatic rings. The van der Waals surface area contributed by atoms with Gasteiger partial charge >= 0.3 is 0 Å². The van der Waals surface area contributed by atoms with Crippen molar-refractivity contribution in [2.24, 2.45) is 7.05 Å². The first-order valence-corrected chi connectivity index (χ1v) is 9.32. The number of thiophene rings is 1. The van der Waals surface area contributed by atoms with Gasteiger partial charge in [-0.3, -0.25) is 4.79 Å². The van der Waals surface area contributed by atoms with Crippen LogP contribution in [0, 0.1) is 0 Å². The predicted molar refractivity (Wildman–Crippen MR) is 97.9 cm³/mol. The fraction of sp³-hybridized carbons (Fsp3) is 0.235. The molecule has 5 nitrogen and oxygen atoms in total. The normalized spacial score (nSPS) is 12.1. The van der Waals surface area contributed by atoms with Gasteiger partial charge in [0.05, 0.1) is 10.1 Å². The third-order valence-electron chi connectivity index (χ3n) is 3.54. The number of carbonyl (C=O) groups is 1. The zero-order valence-electron chi connectivity index (χ0n) is 13.5. The minimum atomic E-state index is -0.243. The number of benzene rings is 1. The van der Waals surface area contributed by atoms with E-state index in [4.69, 9.17) is 0 Å². The number of hydrogen-bond donors (Lipinski definition) is 1. The maximum atomic E-state index is 12.3. The van der Waals surface area contributed by atoms with Gasteiger partial charge in [-0.15, -0.1) is 21.5 Å². The highest BCUT2D eigenvalue weighted by Gasteiger charge is 2.19. The van der Waals surface area contributed by atoms with E-state index in [0.29, 0.717) is 6.54 Å². The van der Waals surface area contributed by atoms with Crippen molar-refractivity contribution in [3.63, 3.8) is 0 Å². The Morgan fingerprint density at radius 1 is 1.25 bits per heavy atom. The number of thioether (sulfide) groups is 1. The van der Waals surface area contributed by atoms with E-state index in [2.05, 4.69) is 15.5 Å². The van der Waals surface area contributed by atoms with Crippen LogP contribution in [0.2, 0.25) is 0 Å². The summed E-state index contributed by atoms with van der Waals surface area (Å²) < 4.78 is 1.93. The molecule has 1 aromatic carbocycles. The van der Waals surface area contributed by atoms with Gasteiger partial charge in [0.15, 0.2) is 11.0 Å². The third-order valence-corrected chi connectivity index (χ3v) is 5.54. The van der Waals surface area contributed by atoms with E-state index in [0.717, 1.165) is 21.4 Å². The Kier molecular flexibility index (Phi) is 5.32. The monoisotopic (exact) mass is 358 g/mol. The fourth-order valence-electron chi connectivity index (χ4n) is 2.18. The van der Waals surface area contributed by atoms with Gasteiger partial charge in [0, 0.05) is 13.6 Å². The van der Waals surface area contributed by atoms with E-state index in [1.807, 2.05) is 66.4 Å². The Hall–Kier alpha value is -2.12. The van der Waals surface area contributed by atoms with E-state index < -0.39 is 0 Å². The standard InChI is InChI=1S/C17H18N4OS2/c1-12(16(22)18-11-13-7-4-3-5-8-13)24-17-20-19-15(21(17)2)14-9-6-10-23-14/h3-10,12H,11H2,1-2H3,(H,18,22). The van der Waals surface area contributed by atoms with Crippen LogP contribution >= 0.6 is 23.1 Å². The summed E-state index contributed by atoms with van der Waals surface area (Å²) in [7, 11) is 1.92. The van der Waals surface area contributed by atoms with E-state index in [-0.39, 0.29) is 11.2 Å². The lowest BCUT2D eigenvalue weighted by molar-refractivity contribution is -0.120. The summed E-state index contributed by atoms with van der Waals surface area (Å²) in [6.07, 6.45) is 0. The minimum absolute atomic E-state index is 0.00970. The Morgan fingerprint density at radius 3 is 2.75 bits per heavy atom. The van der Waals surface area contributed by atoms with Crippen LogP contribution in [0.3, 0.4) is 0 Å². The highest BCUT2D eigenvalue weighted by Crippen LogP contribution is 2.27. The Balaban J connectivity index is 1.60. The molecule has 0 radical (unpaired) electrons. The summed E-state index contributed by atoms with van der Waals surface area (Å²) in [5.74, 6) is 0.814. The van der Waals surface area contributed by atoms with Crippen molar-refractivity contribution in [1.82, 2.24) is 20.1 Å². The molecule has 0 spiro atoms. The SMILES string of the molecule is CC(Sc1nnc(-c2cccs2)n1C)C(=O)NCc1ccccc1. The molecule has 1 atom stereocenters. The van der Waals surface area contributed by atoms with Crippen molar-refractivity contribution in [1.29, 1.82) is 0 Å². The van der Waals surface area contributed by atoms with Gasteiger partial charge in [0.25, 0.3) is 0 Å². The maximum absolute atomic E-state index is 12.3. The molecule has 0 saturated heterocycles. The van der Waals surface area contributed by atoms with Crippen LogP contribution in [-0.2, 0) is 18.4 Å². The molecule has 0 aliphatic rings. The van der Waals surface area contributed by atoms with Crippen LogP contribution in [0.1, 0.15) is 12.5 Å². The van der Waals surface area contributed by atoms with Crippen LogP contribution in [0.25, 0.3) is 10.7 Å². The highest BCUT2D eigenvalue weighted by molar-refractivity contribution is 8.00. The number of carbonyl (C=O) groups excluding carboxylic acids is 1. The van der Waals surface area contributed by atoms with Crippen molar-refractivity contribution < 1.29 is 4.79 Å². The van der Waals surface area contributed by atoms with Crippen molar-refractivity contribution in [2.75, 3.05) is 0 Å². The largest absolute Gasteiger partial charge is 0.351 e. The first-order valence-electron chi connectivity index (χ1n) is 7.56. The molecule has 2 heterocycles. The number of nitrogens with zero attached hydrogens (tertiary/aromatic N) is 3. The molecule has 2 aromatic heterocycles. The zero-order chi connectivity index (χ0) is 16.9. The molecule has 1 amide bonds. The summed E-state index contributed by atoms with van der Waals surface area (Å²) in [6.45, 7) is 2.41. The van der Waals surface area contributed by atoms with E-state index >= 15 is 0 Å². The molecule has 0 fully saturated rings. The predicted octanol–water partition coefficient (Wildman–Crippen LogP) is 3.34. The second-order valence-electron chi connectivity index (χ2n) is 5.31. The first kappa shape index (κ1) is 16.7. The lowest BCUT2D eigenvalue weighted by atomic mass is 10.2. The molecular formula is C17H18N4OS2. The van der Waals surface area contributed by atoms with E-state index in [1.165, 1.54) is 11.8 Å². The van der Waals surface area contributed by atoms with Gasteiger partial charge in [0.1, 0.15) is 0 Å². The second kappa shape index (κ2) is 7.63. The maximum Gasteiger partial charge on any atom is 0.233 e. The average molecular weight is 358 g/mol. The minimum Gasteiger partial charge on any atom is -0.351 e. The molecular weight excluding hydrogens is 340 g/mol. The van der Waals surface area contributed by atoms with Crippen LogP contribution < -0.4 is 5.32 Å². The summed E-state index contributed by atoms with van der Waals surface area (Å²) in [6, 6.07) is 13.9. The van der Waals surface area contributed by atoms with Crippen LogP contribution in [0.4, 0.5) is 0 Å². The molecule has 1 unspecified atom stereocenters. The number of hydrogen-bond acceptors (Lipinski definition) is 5. The molecule has 3 rings (SSSR count). The molecule has 0 bridgehead atoms. The number of rotatable bonds is 6. The molecule has 0 aliphatic heterocycles. The molecule has 0 aliphatic carbocycles. The fourth-order valence-corrected chi connectivity index (χ4v) is 3.76. The molecule has 1 N–H and O–H groups in total. The van der Waals surface area contributed by atoms with Crippen LogP contribution in [0.5, 0.6) is 0 Å². The van der Waals surface area contributed by atoms with E-state index in [9.17, 15) is 4.79 Å². The van der Waals surface area contributed by atoms with Crippen molar-refractivity contribution in [3.8, 4) is 10.7 Å². The number of amides is 1. The Bertz CT molecular complexity index is 799. The Labute approximate surface area is 149 Å². The van der Waals surface area contributed by atoms with Crippen molar-refractivity contribution in [3.05, 3.63) is 53.4 Å². The van der Waals surface area contributed by atoms with Crippen LogP contribution in [-0.4, -0.2) is 25.9 Å². The van der Waals surface area contributed by atoms with Gasteiger partial charge in [-0.1, -0.05) is 48.2 Å². The van der Waals surface area contributed by atoms with Crippen LogP contribution in [0.15, 0.2) is 53.0 Å². The summed E-state index contributed by atoms with van der Waals surface area (Å²) >= 11 is 3.04. The quantitative estimate of drug-likeness (QED) is 0.687. The lowest BCUT2D eigenvalue weighted by Gasteiger charge is -2.11. The van der Waals surface area contributed by atoms with Gasteiger partial charge in [0.2, 0.25) is 5.91 Å². The summed E-state index contributed by atoms with van der Waals surface area (Å²) in [4.78, 5) is 13.3. The van der Waals surface area contributed by atoms with Gasteiger partial charge in [-0.25, -0.2) is 0 Å². The Morgan fingerprint density at radius 2 is 2.04 bits per heavy atom.